The Kier molecular flexibility index (Phi) is 5.98. The van der Waals surface area contributed by atoms with Gasteiger partial charge < -0.3 is 14.8 Å². The second-order valence-corrected chi connectivity index (χ2v) is 6.85. The molecule has 0 aliphatic carbocycles. The van der Waals surface area contributed by atoms with Crippen molar-refractivity contribution in [1.29, 1.82) is 0 Å². The number of pyridine rings is 1. The third kappa shape index (κ3) is 4.84. The van der Waals surface area contributed by atoms with Gasteiger partial charge in [-0.1, -0.05) is 0 Å². The van der Waals surface area contributed by atoms with Crippen LogP contribution in [0, 0.1) is 10.1 Å². The molecule has 4 aromatic rings. The van der Waals surface area contributed by atoms with Crippen LogP contribution in [0.1, 0.15) is 6.92 Å². The number of benzene rings is 2. The molecule has 2 aromatic carbocycles. The van der Waals surface area contributed by atoms with Crippen molar-refractivity contribution in [2.24, 2.45) is 0 Å². The van der Waals surface area contributed by atoms with Crippen LogP contribution < -0.4 is 14.8 Å². The van der Waals surface area contributed by atoms with Gasteiger partial charge in [0.05, 0.1) is 23.4 Å². The van der Waals surface area contributed by atoms with Crippen LogP contribution in [0.5, 0.6) is 11.5 Å². The van der Waals surface area contributed by atoms with Crippen LogP contribution in [-0.4, -0.2) is 33.4 Å². The fraction of sp³-hybridized carbons (Fsp3) is 0.130. The van der Waals surface area contributed by atoms with Crippen molar-refractivity contribution in [2.45, 2.75) is 6.92 Å². The number of imidazole rings is 1. The molecular weight excluding hydrogens is 412 g/mol. The minimum absolute atomic E-state index is 0.00582. The molecule has 0 unspecified atom stereocenters. The first-order chi connectivity index (χ1) is 15.5. The number of amides is 1. The summed E-state index contributed by atoms with van der Waals surface area (Å²) in [5.41, 5.74) is 2.75. The molecule has 0 saturated carbocycles. The molecule has 0 saturated heterocycles. The first-order valence-corrected chi connectivity index (χ1v) is 9.91. The van der Waals surface area contributed by atoms with Gasteiger partial charge in [-0.05, 0) is 61.5 Å². The normalized spacial score (nSPS) is 10.7. The molecule has 0 bridgehead atoms. The van der Waals surface area contributed by atoms with Crippen LogP contribution in [0.2, 0.25) is 0 Å². The first-order valence-electron chi connectivity index (χ1n) is 9.91. The Bertz CT molecular complexity index is 1250. The second kappa shape index (κ2) is 9.17. The Morgan fingerprint density at radius 3 is 2.38 bits per heavy atom. The lowest BCUT2D eigenvalue weighted by Gasteiger charge is -2.09. The molecule has 1 amide bonds. The number of anilines is 1. The van der Waals surface area contributed by atoms with Gasteiger partial charge in [-0.25, -0.2) is 4.98 Å². The highest BCUT2D eigenvalue weighted by Gasteiger charge is 2.10. The average Bonchev–Trinajstić information content (AvgIpc) is 3.23. The van der Waals surface area contributed by atoms with Crippen molar-refractivity contribution in [1.82, 2.24) is 9.38 Å². The van der Waals surface area contributed by atoms with E-state index in [1.54, 1.807) is 53.1 Å². The van der Waals surface area contributed by atoms with Crippen molar-refractivity contribution < 1.29 is 19.2 Å². The largest absolute Gasteiger partial charge is 0.494 e. The van der Waals surface area contributed by atoms with E-state index in [0.717, 1.165) is 11.3 Å². The molecule has 9 nitrogen and oxygen atoms in total. The maximum absolute atomic E-state index is 12.1. The van der Waals surface area contributed by atoms with E-state index in [9.17, 15) is 14.9 Å². The summed E-state index contributed by atoms with van der Waals surface area (Å²) < 4.78 is 12.5. The van der Waals surface area contributed by atoms with Gasteiger partial charge >= 0.3 is 0 Å². The number of rotatable bonds is 8. The number of fused-ring (bicyclic) bond motifs is 1. The van der Waals surface area contributed by atoms with Gasteiger partial charge in [-0.15, -0.1) is 0 Å². The number of hydrogen-bond acceptors (Lipinski definition) is 6. The number of hydrogen-bond donors (Lipinski definition) is 1. The number of nitro groups is 1. The molecule has 0 fully saturated rings. The van der Waals surface area contributed by atoms with Crippen LogP contribution in [0.25, 0.3) is 16.9 Å². The molecule has 32 heavy (non-hydrogen) atoms. The maximum Gasteiger partial charge on any atom is 0.286 e. The Labute approximate surface area is 183 Å². The van der Waals surface area contributed by atoms with Crippen molar-refractivity contribution in [3.05, 3.63) is 83.2 Å². The zero-order chi connectivity index (χ0) is 22.5. The summed E-state index contributed by atoms with van der Waals surface area (Å²) in [6.07, 6.45) is 3.15. The van der Waals surface area contributed by atoms with E-state index in [2.05, 4.69) is 10.3 Å². The number of nitrogens with zero attached hydrogens (tertiary/aromatic N) is 3. The number of carbonyl (C=O) groups is 1. The molecule has 0 atom stereocenters. The summed E-state index contributed by atoms with van der Waals surface area (Å²) in [7, 11) is 0. The van der Waals surface area contributed by atoms with E-state index in [4.69, 9.17) is 9.47 Å². The van der Waals surface area contributed by atoms with Crippen molar-refractivity contribution in [2.75, 3.05) is 18.5 Å². The molecule has 2 aromatic heterocycles. The third-order valence-electron chi connectivity index (χ3n) is 4.62. The molecule has 0 aliphatic heterocycles. The lowest BCUT2D eigenvalue weighted by Crippen LogP contribution is -2.20. The smallest absolute Gasteiger partial charge is 0.286 e. The summed E-state index contributed by atoms with van der Waals surface area (Å²) in [5.74, 6) is 1.00. The standard InChI is InChI=1S/C23H20N4O5/c1-2-31-19-10-5-17(6-11-19)24-23(28)15-32-20-8-3-16(4-9-20)21-14-26-13-18(27(29)30)7-12-22(26)25-21/h3-14H,2,15H2,1H3,(H,24,28). The van der Waals surface area contributed by atoms with Crippen LogP contribution in [0.4, 0.5) is 11.4 Å². The molecule has 2 heterocycles. The van der Waals surface area contributed by atoms with Crippen molar-refractivity contribution in [3.63, 3.8) is 0 Å². The zero-order valence-electron chi connectivity index (χ0n) is 17.2. The highest BCUT2D eigenvalue weighted by molar-refractivity contribution is 5.91. The monoisotopic (exact) mass is 432 g/mol. The summed E-state index contributed by atoms with van der Waals surface area (Å²) in [6.45, 7) is 2.35. The number of ether oxygens (including phenoxy) is 2. The van der Waals surface area contributed by atoms with E-state index in [1.807, 2.05) is 19.1 Å². The van der Waals surface area contributed by atoms with E-state index in [1.165, 1.54) is 12.3 Å². The molecule has 0 spiro atoms. The highest BCUT2D eigenvalue weighted by atomic mass is 16.6. The average molecular weight is 432 g/mol. The highest BCUT2D eigenvalue weighted by Crippen LogP contribution is 2.23. The van der Waals surface area contributed by atoms with E-state index in [-0.39, 0.29) is 18.2 Å². The first kappa shape index (κ1) is 20.9. The van der Waals surface area contributed by atoms with E-state index >= 15 is 0 Å². The van der Waals surface area contributed by atoms with Crippen molar-refractivity contribution in [3.8, 4) is 22.8 Å². The fourth-order valence-electron chi connectivity index (χ4n) is 3.10. The third-order valence-corrected chi connectivity index (χ3v) is 4.62. The van der Waals surface area contributed by atoms with E-state index in [0.29, 0.717) is 29.4 Å². The van der Waals surface area contributed by atoms with Gasteiger partial charge in [0, 0.05) is 23.5 Å². The Morgan fingerprint density at radius 1 is 1.00 bits per heavy atom. The predicted octanol–water partition coefficient (Wildman–Crippen LogP) is 4.33. The van der Waals surface area contributed by atoms with Gasteiger partial charge in [0.25, 0.3) is 11.6 Å². The molecule has 4 rings (SSSR count). The lowest BCUT2D eigenvalue weighted by atomic mass is 10.2. The number of carbonyl (C=O) groups excluding carboxylic acids is 1. The molecule has 1 N–H and O–H groups in total. The summed E-state index contributed by atoms with van der Waals surface area (Å²) in [4.78, 5) is 27.1. The Balaban J connectivity index is 1.36. The van der Waals surface area contributed by atoms with Gasteiger partial charge in [0.15, 0.2) is 6.61 Å². The van der Waals surface area contributed by atoms with Crippen LogP contribution >= 0.6 is 0 Å². The minimum atomic E-state index is -0.447. The van der Waals surface area contributed by atoms with Gasteiger partial charge in [-0.3, -0.25) is 19.3 Å². The van der Waals surface area contributed by atoms with Crippen LogP contribution in [0.3, 0.4) is 0 Å². The molecule has 0 radical (unpaired) electrons. The topological polar surface area (TPSA) is 108 Å². The quantitative estimate of drug-likeness (QED) is 0.328. The fourth-order valence-corrected chi connectivity index (χ4v) is 3.10. The molecule has 162 valence electrons. The Hall–Kier alpha value is -4.40. The van der Waals surface area contributed by atoms with Gasteiger partial charge in [-0.2, -0.15) is 0 Å². The maximum atomic E-state index is 12.1. The summed E-state index contributed by atoms with van der Waals surface area (Å²) >= 11 is 0. The second-order valence-electron chi connectivity index (χ2n) is 6.85. The SMILES string of the molecule is CCOc1ccc(NC(=O)COc2ccc(-c3cn4cc([N+](=O)[O-])ccc4n3)cc2)cc1. The zero-order valence-corrected chi connectivity index (χ0v) is 17.2. The van der Waals surface area contributed by atoms with E-state index < -0.39 is 4.92 Å². The minimum Gasteiger partial charge on any atom is -0.494 e. The predicted molar refractivity (Wildman–Crippen MR) is 119 cm³/mol. The lowest BCUT2D eigenvalue weighted by molar-refractivity contribution is -0.385. The number of aromatic nitrogens is 2. The number of nitrogens with one attached hydrogen (secondary N) is 1. The molecule has 0 aliphatic rings. The summed E-state index contributed by atoms with van der Waals surface area (Å²) in [5, 5.41) is 13.7. The van der Waals surface area contributed by atoms with Crippen LogP contribution in [0.15, 0.2) is 73.1 Å². The molecular formula is C23H20N4O5. The Morgan fingerprint density at radius 2 is 1.69 bits per heavy atom. The molecule has 9 heteroatoms. The van der Waals surface area contributed by atoms with Gasteiger partial charge in [0.2, 0.25) is 0 Å². The summed E-state index contributed by atoms with van der Waals surface area (Å²) in [6, 6.07) is 17.2. The van der Waals surface area contributed by atoms with Crippen LogP contribution in [-0.2, 0) is 4.79 Å². The van der Waals surface area contributed by atoms with Gasteiger partial charge in [0.1, 0.15) is 17.1 Å². The van der Waals surface area contributed by atoms with Crippen molar-refractivity contribution >= 4 is 22.9 Å².